The predicted octanol–water partition coefficient (Wildman–Crippen LogP) is 5.74. The summed E-state index contributed by atoms with van der Waals surface area (Å²) in [6.45, 7) is 12.2. The normalized spacial score (nSPS) is 41.7. The van der Waals surface area contributed by atoms with E-state index >= 15 is 0 Å². The van der Waals surface area contributed by atoms with Crippen molar-refractivity contribution in [2.75, 3.05) is 19.6 Å². The van der Waals surface area contributed by atoms with E-state index in [2.05, 4.69) is 37.5 Å². The average Bonchev–Trinajstić information content (AvgIpc) is 3.33. The number of hydrogen-bond donors (Lipinski definition) is 2. The summed E-state index contributed by atoms with van der Waals surface area (Å²) < 4.78 is 27.5. The standard InChI is InChI=1S/C28H43F2NO2/c1-18(16-31-13-11-22(17-31)28(4,29)30)24-9-10-25-20(6-5-12-27(24,25)3)7-8-21-14-23(32)15-26(33)19(21)2/h7-8,18,22-26,32-33H,2,5-6,9-17H2,1,3-4H3/b20-7+,21-8-/t18-,22-,23?,24-,25+,26?,27-/m1/s1. The number of halogens is 2. The third-order valence-corrected chi connectivity index (χ3v) is 9.52. The number of allylic oxidation sites excluding steroid dienone is 3. The van der Waals surface area contributed by atoms with Crippen molar-refractivity contribution in [1.82, 2.24) is 4.90 Å². The fourth-order valence-corrected chi connectivity index (χ4v) is 7.63. The van der Waals surface area contributed by atoms with Crippen molar-refractivity contribution in [2.45, 2.75) is 90.3 Å². The van der Waals surface area contributed by atoms with Gasteiger partial charge >= 0.3 is 0 Å². The van der Waals surface area contributed by atoms with Gasteiger partial charge < -0.3 is 15.1 Å². The molecule has 5 heteroatoms. The van der Waals surface area contributed by atoms with E-state index in [1.807, 2.05) is 0 Å². The lowest BCUT2D eigenvalue weighted by Gasteiger charge is -2.45. The molecule has 0 radical (unpaired) electrons. The van der Waals surface area contributed by atoms with Gasteiger partial charge in [-0.2, -0.15) is 0 Å². The van der Waals surface area contributed by atoms with Gasteiger partial charge in [-0.05, 0) is 92.7 Å². The van der Waals surface area contributed by atoms with Crippen LogP contribution in [0.1, 0.15) is 72.1 Å². The van der Waals surface area contributed by atoms with Crippen LogP contribution in [-0.2, 0) is 0 Å². The van der Waals surface area contributed by atoms with E-state index in [1.165, 1.54) is 31.3 Å². The second-order valence-corrected chi connectivity index (χ2v) is 11.8. The van der Waals surface area contributed by atoms with Crippen LogP contribution in [0.5, 0.6) is 0 Å². The minimum absolute atomic E-state index is 0.262. The molecule has 0 aromatic carbocycles. The van der Waals surface area contributed by atoms with Crippen molar-refractivity contribution in [3.8, 4) is 0 Å². The van der Waals surface area contributed by atoms with Gasteiger partial charge in [-0.15, -0.1) is 0 Å². The van der Waals surface area contributed by atoms with E-state index in [9.17, 15) is 19.0 Å². The molecule has 2 N–H and O–H groups in total. The Kier molecular flexibility index (Phi) is 7.25. The van der Waals surface area contributed by atoms with Crippen molar-refractivity contribution in [2.24, 2.45) is 29.1 Å². The zero-order chi connectivity index (χ0) is 24.0. The highest BCUT2D eigenvalue weighted by Gasteiger charge is 2.51. The SMILES string of the molecule is C=C1/C(=C\C=C2/CCC[C@]3(C)[C@@H]([C@H](C)CN4CC[C@@H](C(C)(F)F)C4)CC[C@@H]23)CC(O)CC1O. The first kappa shape index (κ1) is 25.1. The number of rotatable bonds is 5. The number of nitrogens with zero attached hydrogens (tertiary/aromatic N) is 1. The molecular weight excluding hydrogens is 420 g/mol. The Balaban J connectivity index is 1.44. The monoisotopic (exact) mass is 463 g/mol. The molecule has 0 spiro atoms. The Morgan fingerprint density at radius 2 is 2.00 bits per heavy atom. The minimum Gasteiger partial charge on any atom is -0.393 e. The first-order valence-electron chi connectivity index (χ1n) is 13.0. The molecule has 4 rings (SSSR count). The zero-order valence-electron chi connectivity index (χ0n) is 20.7. The van der Waals surface area contributed by atoms with Crippen molar-refractivity contribution in [3.05, 3.63) is 35.5 Å². The maximum absolute atomic E-state index is 13.8. The molecule has 33 heavy (non-hydrogen) atoms. The molecule has 0 aromatic rings. The van der Waals surface area contributed by atoms with Crippen LogP contribution >= 0.6 is 0 Å². The van der Waals surface area contributed by atoms with Gasteiger partial charge in [0.05, 0.1) is 12.2 Å². The fraction of sp³-hybridized carbons (Fsp3) is 0.786. The van der Waals surface area contributed by atoms with Crippen molar-refractivity contribution in [1.29, 1.82) is 0 Å². The molecule has 0 bridgehead atoms. The van der Waals surface area contributed by atoms with Gasteiger partial charge in [0.2, 0.25) is 5.92 Å². The zero-order valence-corrected chi connectivity index (χ0v) is 20.7. The lowest BCUT2D eigenvalue weighted by atomic mass is 9.61. The summed E-state index contributed by atoms with van der Waals surface area (Å²) in [4.78, 5) is 2.28. The summed E-state index contributed by atoms with van der Waals surface area (Å²) in [6.07, 6.45) is 10.7. The molecule has 1 heterocycles. The Morgan fingerprint density at radius 1 is 1.24 bits per heavy atom. The predicted molar refractivity (Wildman–Crippen MR) is 129 cm³/mol. The minimum atomic E-state index is -2.57. The van der Waals surface area contributed by atoms with Gasteiger partial charge in [0.25, 0.3) is 0 Å². The van der Waals surface area contributed by atoms with Gasteiger partial charge in [-0.1, -0.05) is 38.2 Å². The highest BCUT2D eigenvalue weighted by molar-refractivity contribution is 5.38. The van der Waals surface area contributed by atoms with Crippen LogP contribution in [0.25, 0.3) is 0 Å². The summed E-state index contributed by atoms with van der Waals surface area (Å²) in [5, 5.41) is 20.2. The van der Waals surface area contributed by atoms with E-state index in [0.717, 1.165) is 37.6 Å². The Morgan fingerprint density at radius 3 is 2.70 bits per heavy atom. The quantitative estimate of drug-likeness (QED) is 0.546. The highest BCUT2D eigenvalue weighted by Crippen LogP contribution is 2.59. The molecule has 3 nitrogen and oxygen atoms in total. The van der Waals surface area contributed by atoms with Gasteiger partial charge in [-0.3, -0.25) is 0 Å². The summed E-state index contributed by atoms with van der Waals surface area (Å²) in [5.74, 6) is -1.39. The van der Waals surface area contributed by atoms with Gasteiger partial charge in [0, 0.05) is 25.4 Å². The molecule has 4 fully saturated rings. The van der Waals surface area contributed by atoms with Crippen LogP contribution in [0, 0.1) is 29.1 Å². The summed E-state index contributed by atoms with van der Waals surface area (Å²) in [7, 11) is 0. The molecule has 186 valence electrons. The van der Waals surface area contributed by atoms with E-state index < -0.39 is 24.0 Å². The van der Waals surface area contributed by atoms with Gasteiger partial charge in [0.15, 0.2) is 0 Å². The van der Waals surface area contributed by atoms with Gasteiger partial charge in [-0.25, -0.2) is 8.78 Å². The molecule has 4 aliphatic rings. The molecule has 0 aromatic heterocycles. The van der Waals surface area contributed by atoms with Crippen LogP contribution < -0.4 is 0 Å². The number of fused-ring (bicyclic) bond motifs is 1. The highest BCUT2D eigenvalue weighted by atomic mass is 19.3. The summed E-state index contributed by atoms with van der Waals surface area (Å²) in [5.41, 5.74) is 3.48. The molecule has 3 saturated carbocycles. The molecule has 0 amide bonds. The number of likely N-dealkylation sites (tertiary alicyclic amines) is 1. The van der Waals surface area contributed by atoms with Gasteiger partial charge in [0.1, 0.15) is 0 Å². The van der Waals surface area contributed by atoms with E-state index in [-0.39, 0.29) is 5.41 Å². The van der Waals surface area contributed by atoms with Crippen LogP contribution in [0.2, 0.25) is 0 Å². The number of alkyl halides is 2. The smallest absolute Gasteiger partial charge is 0.249 e. The second-order valence-electron chi connectivity index (χ2n) is 11.8. The fourth-order valence-electron chi connectivity index (χ4n) is 7.63. The molecule has 1 aliphatic heterocycles. The van der Waals surface area contributed by atoms with Crippen molar-refractivity contribution in [3.63, 3.8) is 0 Å². The second kappa shape index (κ2) is 9.54. The molecule has 7 atom stereocenters. The van der Waals surface area contributed by atoms with Crippen LogP contribution in [0.15, 0.2) is 35.5 Å². The van der Waals surface area contributed by atoms with E-state index in [1.54, 1.807) is 0 Å². The number of aliphatic hydroxyl groups is 2. The Bertz CT molecular complexity index is 800. The summed E-state index contributed by atoms with van der Waals surface area (Å²) in [6, 6.07) is 0. The van der Waals surface area contributed by atoms with Crippen LogP contribution in [0.3, 0.4) is 0 Å². The number of hydrogen-bond acceptors (Lipinski definition) is 3. The van der Waals surface area contributed by atoms with E-state index in [0.29, 0.717) is 43.6 Å². The summed E-state index contributed by atoms with van der Waals surface area (Å²) >= 11 is 0. The molecule has 1 saturated heterocycles. The van der Waals surface area contributed by atoms with Crippen molar-refractivity contribution < 1.29 is 19.0 Å². The topological polar surface area (TPSA) is 43.7 Å². The van der Waals surface area contributed by atoms with Crippen molar-refractivity contribution >= 4 is 0 Å². The average molecular weight is 464 g/mol. The largest absolute Gasteiger partial charge is 0.393 e. The molecular formula is C28H43F2NO2. The first-order valence-corrected chi connectivity index (χ1v) is 13.0. The molecule has 2 unspecified atom stereocenters. The maximum atomic E-state index is 13.8. The Hall–Kier alpha value is -1.04. The number of aliphatic hydroxyl groups excluding tert-OH is 2. The first-order chi connectivity index (χ1) is 15.5. The van der Waals surface area contributed by atoms with Crippen LogP contribution in [0.4, 0.5) is 8.78 Å². The maximum Gasteiger partial charge on any atom is 0.249 e. The third kappa shape index (κ3) is 5.16. The van der Waals surface area contributed by atoms with E-state index in [4.69, 9.17) is 0 Å². The molecule has 3 aliphatic carbocycles. The van der Waals surface area contributed by atoms with Crippen LogP contribution in [-0.4, -0.2) is 52.9 Å². The lowest BCUT2D eigenvalue weighted by molar-refractivity contribution is -0.0360. The lowest BCUT2D eigenvalue weighted by Crippen LogP contribution is -2.40. The third-order valence-electron chi connectivity index (χ3n) is 9.52. The Labute approximate surface area is 198 Å².